The fourth-order valence-electron chi connectivity index (χ4n) is 13.0. The van der Waals surface area contributed by atoms with Crippen LogP contribution in [-0.4, -0.2) is 163 Å². The summed E-state index contributed by atoms with van der Waals surface area (Å²) in [5.74, 6) is -0.698. The number of methoxy groups -OCH3 is 1. The van der Waals surface area contributed by atoms with E-state index < -0.39 is 103 Å². The number of hydrogen-bond acceptors (Lipinski definition) is 15. The number of fused-ring (bicyclic) bond motifs is 5. The summed E-state index contributed by atoms with van der Waals surface area (Å²) < 4.78 is 28.9. The molecule has 0 bridgehead atoms. The fraction of sp³-hybridized carbons (Fsp3) is 1.00. The molecule has 0 spiro atoms. The van der Waals surface area contributed by atoms with Crippen molar-refractivity contribution >= 4 is 0 Å². The van der Waals surface area contributed by atoms with Crippen LogP contribution in [0.1, 0.15) is 92.4 Å². The van der Waals surface area contributed by atoms with Gasteiger partial charge in [-0.2, -0.15) is 0 Å². The van der Waals surface area contributed by atoms with Crippen LogP contribution in [0.5, 0.6) is 0 Å². The number of aliphatic hydroxyl groups is 10. The Morgan fingerprint density at radius 2 is 1.50 bits per heavy atom. The Balaban J connectivity index is 1.10. The van der Waals surface area contributed by atoms with Crippen LogP contribution in [0.2, 0.25) is 0 Å². The molecule has 4 saturated carbocycles. The van der Waals surface area contributed by atoms with E-state index in [2.05, 4.69) is 34.6 Å². The molecule has 10 N–H and O–H groups in total. The van der Waals surface area contributed by atoms with Gasteiger partial charge in [-0.15, -0.1) is 0 Å². The number of aliphatic hydroxyl groups excluding tert-OH is 9. The maximum atomic E-state index is 12.7. The summed E-state index contributed by atoms with van der Waals surface area (Å²) in [5, 5.41) is 110. The van der Waals surface area contributed by atoms with Crippen molar-refractivity contribution in [3.8, 4) is 0 Å². The molecule has 2 aliphatic heterocycles. The molecule has 4 aliphatic carbocycles. The highest BCUT2D eigenvalue weighted by molar-refractivity contribution is 5.21. The van der Waals surface area contributed by atoms with Crippen LogP contribution in [0.15, 0.2) is 0 Å². The molecule has 6 fully saturated rings. The third-order valence-electron chi connectivity index (χ3n) is 15.9. The van der Waals surface area contributed by atoms with Gasteiger partial charge in [0.25, 0.3) is 0 Å². The zero-order valence-corrected chi connectivity index (χ0v) is 34.0. The zero-order valence-electron chi connectivity index (χ0n) is 34.0. The first-order valence-electron chi connectivity index (χ1n) is 21.2. The fourth-order valence-corrected chi connectivity index (χ4v) is 13.0. The molecule has 22 unspecified atom stereocenters. The van der Waals surface area contributed by atoms with Gasteiger partial charge in [-0.3, -0.25) is 0 Å². The highest BCUT2D eigenvalue weighted by Gasteiger charge is 2.72. The van der Waals surface area contributed by atoms with Gasteiger partial charge < -0.3 is 74.7 Å². The normalized spacial score (nSPS) is 50.9. The lowest BCUT2D eigenvalue weighted by atomic mass is 9.42. The molecular weight excluding hydrogens is 732 g/mol. The smallest absolute Gasteiger partial charge is 0.187 e. The summed E-state index contributed by atoms with van der Waals surface area (Å²) in [5.41, 5.74) is -2.27. The van der Waals surface area contributed by atoms with Crippen LogP contribution in [0.25, 0.3) is 0 Å². The van der Waals surface area contributed by atoms with Gasteiger partial charge in [-0.1, -0.05) is 41.0 Å². The SMILES string of the molecule is COC1C(OC2C(OCCC(CCC(C)C3C(O)C(O)C4C3(C)CCC3C5(C)CCC(O)CC5C(O)CC34O)C(C)C)OC(C(O)CO)C2O)OCC(O)C1O. The maximum Gasteiger partial charge on any atom is 0.187 e. The maximum absolute atomic E-state index is 12.7. The van der Waals surface area contributed by atoms with Crippen LogP contribution < -0.4 is 0 Å². The summed E-state index contributed by atoms with van der Waals surface area (Å²) in [6, 6.07) is 0. The van der Waals surface area contributed by atoms with E-state index in [-0.39, 0.29) is 60.6 Å². The first-order chi connectivity index (χ1) is 26.3. The van der Waals surface area contributed by atoms with E-state index in [1.54, 1.807) is 0 Å². The molecule has 326 valence electrons. The minimum absolute atomic E-state index is 0.00329. The Hall–Kier alpha value is -0.600. The van der Waals surface area contributed by atoms with Crippen molar-refractivity contribution in [2.24, 2.45) is 52.3 Å². The van der Waals surface area contributed by atoms with Gasteiger partial charge >= 0.3 is 0 Å². The third-order valence-corrected chi connectivity index (χ3v) is 15.9. The Bertz CT molecular complexity index is 1290. The lowest BCUT2D eigenvalue weighted by molar-refractivity contribution is -0.307. The predicted molar refractivity (Wildman–Crippen MR) is 199 cm³/mol. The summed E-state index contributed by atoms with van der Waals surface area (Å²) in [6.07, 6.45) is -8.99. The molecule has 15 nitrogen and oxygen atoms in total. The Morgan fingerprint density at radius 3 is 2.16 bits per heavy atom. The second-order valence-corrected chi connectivity index (χ2v) is 19.4. The van der Waals surface area contributed by atoms with Gasteiger partial charge in [-0.05, 0) is 91.3 Å². The van der Waals surface area contributed by atoms with Gasteiger partial charge in [0.1, 0.15) is 42.7 Å². The Labute approximate surface area is 331 Å². The first-order valence-corrected chi connectivity index (χ1v) is 21.2. The van der Waals surface area contributed by atoms with Crippen LogP contribution in [0.4, 0.5) is 0 Å². The molecule has 22 atom stereocenters. The van der Waals surface area contributed by atoms with Crippen molar-refractivity contribution in [1.29, 1.82) is 0 Å². The Kier molecular flexibility index (Phi) is 14.0. The molecule has 2 heterocycles. The van der Waals surface area contributed by atoms with Gasteiger partial charge in [0.2, 0.25) is 0 Å². The van der Waals surface area contributed by atoms with Crippen LogP contribution in [0.3, 0.4) is 0 Å². The second kappa shape index (κ2) is 17.4. The molecule has 6 rings (SSSR count). The van der Waals surface area contributed by atoms with E-state index in [1.807, 2.05) is 0 Å². The van der Waals surface area contributed by atoms with Gasteiger partial charge in [-0.25, -0.2) is 0 Å². The van der Waals surface area contributed by atoms with Crippen molar-refractivity contribution in [3.05, 3.63) is 0 Å². The minimum Gasteiger partial charge on any atom is -0.394 e. The van der Waals surface area contributed by atoms with Gasteiger partial charge in [0.15, 0.2) is 12.6 Å². The average Bonchev–Trinajstić information content (AvgIpc) is 3.56. The van der Waals surface area contributed by atoms with Crippen LogP contribution >= 0.6 is 0 Å². The van der Waals surface area contributed by atoms with E-state index in [4.69, 9.17) is 23.7 Å². The largest absolute Gasteiger partial charge is 0.394 e. The van der Waals surface area contributed by atoms with E-state index in [0.717, 1.165) is 25.7 Å². The van der Waals surface area contributed by atoms with Crippen molar-refractivity contribution < 1.29 is 74.7 Å². The van der Waals surface area contributed by atoms with Crippen molar-refractivity contribution in [1.82, 2.24) is 0 Å². The molecule has 0 radical (unpaired) electrons. The molecule has 6 aliphatic rings. The predicted octanol–water partition coefficient (Wildman–Crippen LogP) is 0.0460. The van der Waals surface area contributed by atoms with E-state index in [0.29, 0.717) is 25.7 Å². The highest BCUT2D eigenvalue weighted by Crippen LogP contribution is 2.70. The first kappa shape index (κ1) is 44.9. The molecule has 56 heavy (non-hydrogen) atoms. The number of rotatable bonds is 14. The van der Waals surface area contributed by atoms with Crippen molar-refractivity contribution in [2.45, 2.75) is 178 Å². The standard InChI is InChI=1S/C41H72O15/c1-19(2)21(11-14-53-38-35(32(50)33(55-38)25(45)17-42)56-37-34(52-6)29(47)26(46)18-54-37)8-7-20(3)28-30(48)31(49)36-40(28,5)13-10-27-39(4)12-9-22(43)15-23(39)24(44)16-41(27,36)51/h19-38,42-51H,7-18H2,1-6H3. The second-order valence-electron chi connectivity index (χ2n) is 19.4. The van der Waals surface area contributed by atoms with E-state index in [9.17, 15) is 51.1 Å². The molecule has 0 amide bonds. The van der Waals surface area contributed by atoms with Crippen molar-refractivity contribution in [3.63, 3.8) is 0 Å². The lowest BCUT2D eigenvalue weighted by Gasteiger charge is -2.65. The van der Waals surface area contributed by atoms with Gasteiger partial charge in [0, 0.05) is 19.4 Å². The molecular formula is C41H72O15. The molecule has 2 saturated heterocycles. The van der Waals surface area contributed by atoms with E-state index in [1.165, 1.54) is 7.11 Å². The van der Waals surface area contributed by atoms with Crippen LogP contribution in [-0.2, 0) is 23.7 Å². The summed E-state index contributed by atoms with van der Waals surface area (Å²) in [7, 11) is 1.33. The van der Waals surface area contributed by atoms with Crippen LogP contribution in [0, 0.1) is 52.3 Å². The quantitative estimate of drug-likeness (QED) is 0.111. The molecule has 15 heteroatoms. The van der Waals surface area contributed by atoms with Crippen molar-refractivity contribution in [2.75, 3.05) is 26.9 Å². The molecule has 0 aromatic carbocycles. The average molecular weight is 805 g/mol. The van der Waals surface area contributed by atoms with E-state index >= 15 is 0 Å². The molecule has 0 aromatic rings. The zero-order chi connectivity index (χ0) is 41.1. The van der Waals surface area contributed by atoms with Gasteiger partial charge in [0.05, 0.1) is 49.8 Å². The summed E-state index contributed by atoms with van der Waals surface area (Å²) in [4.78, 5) is 0. The minimum atomic E-state index is -1.42. The Morgan fingerprint density at radius 1 is 0.804 bits per heavy atom. The monoisotopic (exact) mass is 804 g/mol. The lowest BCUT2D eigenvalue weighted by Crippen LogP contribution is -2.68. The number of ether oxygens (including phenoxy) is 5. The topological polar surface area (TPSA) is 248 Å². The summed E-state index contributed by atoms with van der Waals surface area (Å²) >= 11 is 0. The third kappa shape index (κ3) is 7.88. The number of hydrogen-bond donors (Lipinski definition) is 10. The summed E-state index contributed by atoms with van der Waals surface area (Å²) in [6.45, 7) is 9.93. The molecule has 0 aromatic heterocycles. The highest BCUT2D eigenvalue weighted by atomic mass is 16.8.